The average Bonchev–Trinajstić information content (AvgIpc) is 3.02. The first-order valence-electron chi connectivity index (χ1n) is 8.45. The van der Waals surface area contributed by atoms with Crippen molar-refractivity contribution >= 4 is 11.8 Å². The topological polar surface area (TPSA) is 67.9 Å². The molecule has 0 aliphatic carbocycles. The highest BCUT2D eigenvalue weighted by Gasteiger charge is 2.38. The van der Waals surface area contributed by atoms with Crippen LogP contribution in [0, 0.1) is 5.92 Å². The van der Waals surface area contributed by atoms with E-state index < -0.39 is 0 Å². The SMILES string of the molecule is COc1ccc(CNC(=O)C2CC(=O)N(C3CCOCC3)C2)cc1. The van der Waals surface area contributed by atoms with E-state index >= 15 is 0 Å². The maximum absolute atomic E-state index is 12.4. The van der Waals surface area contributed by atoms with E-state index in [0.717, 1.165) is 24.2 Å². The lowest BCUT2D eigenvalue weighted by molar-refractivity contribution is -0.131. The molecule has 2 aliphatic heterocycles. The molecule has 1 atom stereocenters. The molecule has 1 aromatic rings. The van der Waals surface area contributed by atoms with E-state index in [1.54, 1.807) is 7.11 Å². The minimum atomic E-state index is -0.251. The molecule has 0 radical (unpaired) electrons. The van der Waals surface area contributed by atoms with Crippen LogP contribution < -0.4 is 10.1 Å². The average molecular weight is 332 g/mol. The molecule has 1 aromatic carbocycles. The van der Waals surface area contributed by atoms with Gasteiger partial charge in [-0.1, -0.05) is 12.1 Å². The molecule has 2 aliphatic rings. The number of rotatable bonds is 5. The Morgan fingerprint density at radius 1 is 1.29 bits per heavy atom. The normalized spacial score (nSPS) is 21.8. The molecule has 0 bridgehead atoms. The molecule has 24 heavy (non-hydrogen) atoms. The summed E-state index contributed by atoms with van der Waals surface area (Å²) in [5, 5.41) is 2.94. The highest BCUT2D eigenvalue weighted by Crippen LogP contribution is 2.25. The van der Waals surface area contributed by atoms with Gasteiger partial charge in [0.1, 0.15) is 5.75 Å². The summed E-state index contributed by atoms with van der Waals surface area (Å²) < 4.78 is 10.5. The first-order valence-corrected chi connectivity index (χ1v) is 8.45. The lowest BCUT2D eigenvalue weighted by atomic mass is 10.1. The van der Waals surface area contributed by atoms with E-state index in [2.05, 4.69) is 5.32 Å². The summed E-state index contributed by atoms with van der Waals surface area (Å²) >= 11 is 0. The van der Waals surface area contributed by atoms with Crippen LogP contribution >= 0.6 is 0 Å². The molecule has 2 heterocycles. The number of amides is 2. The summed E-state index contributed by atoms with van der Waals surface area (Å²) in [7, 11) is 1.62. The first-order chi connectivity index (χ1) is 11.7. The largest absolute Gasteiger partial charge is 0.497 e. The van der Waals surface area contributed by atoms with Crippen molar-refractivity contribution in [1.29, 1.82) is 0 Å². The third kappa shape index (κ3) is 3.87. The summed E-state index contributed by atoms with van der Waals surface area (Å²) in [4.78, 5) is 26.5. The van der Waals surface area contributed by atoms with Crippen LogP contribution in [-0.2, 0) is 20.9 Å². The quantitative estimate of drug-likeness (QED) is 0.883. The molecule has 2 fully saturated rings. The van der Waals surface area contributed by atoms with Crippen LogP contribution in [0.5, 0.6) is 5.75 Å². The van der Waals surface area contributed by atoms with Gasteiger partial charge in [0, 0.05) is 38.8 Å². The molecular weight excluding hydrogens is 308 g/mol. The fraction of sp³-hybridized carbons (Fsp3) is 0.556. The van der Waals surface area contributed by atoms with Gasteiger partial charge < -0.3 is 19.7 Å². The zero-order valence-corrected chi connectivity index (χ0v) is 14.0. The van der Waals surface area contributed by atoms with Gasteiger partial charge in [-0.25, -0.2) is 0 Å². The first kappa shape index (κ1) is 16.8. The van der Waals surface area contributed by atoms with Gasteiger partial charge in [-0.05, 0) is 30.5 Å². The van der Waals surface area contributed by atoms with Gasteiger partial charge in [-0.15, -0.1) is 0 Å². The third-order valence-corrected chi connectivity index (χ3v) is 4.79. The minimum absolute atomic E-state index is 0.0475. The van der Waals surface area contributed by atoms with Crippen LogP contribution in [0.2, 0.25) is 0 Å². The Balaban J connectivity index is 1.50. The second-order valence-corrected chi connectivity index (χ2v) is 6.36. The maximum Gasteiger partial charge on any atom is 0.225 e. The van der Waals surface area contributed by atoms with E-state index in [-0.39, 0.29) is 23.8 Å². The summed E-state index contributed by atoms with van der Waals surface area (Å²) in [6, 6.07) is 7.81. The Kier molecular flexibility index (Phi) is 5.35. The lowest BCUT2D eigenvalue weighted by Gasteiger charge is -2.31. The molecule has 6 heteroatoms. The van der Waals surface area contributed by atoms with Crippen molar-refractivity contribution < 1.29 is 19.1 Å². The van der Waals surface area contributed by atoms with Gasteiger partial charge in [0.2, 0.25) is 11.8 Å². The highest BCUT2D eigenvalue weighted by molar-refractivity contribution is 5.89. The molecule has 1 unspecified atom stereocenters. The second-order valence-electron chi connectivity index (χ2n) is 6.36. The van der Waals surface area contributed by atoms with Gasteiger partial charge in [-0.3, -0.25) is 9.59 Å². The van der Waals surface area contributed by atoms with Crippen molar-refractivity contribution in [2.75, 3.05) is 26.9 Å². The van der Waals surface area contributed by atoms with Gasteiger partial charge >= 0.3 is 0 Å². The van der Waals surface area contributed by atoms with E-state index in [9.17, 15) is 9.59 Å². The predicted octanol–water partition coefficient (Wildman–Crippen LogP) is 1.34. The van der Waals surface area contributed by atoms with E-state index in [1.165, 1.54) is 0 Å². The van der Waals surface area contributed by atoms with Crippen LogP contribution in [0.1, 0.15) is 24.8 Å². The van der Waals surface area contributed by atoms with Crippen molar-refractivity contribution in [3.8, 4) is 5.75 Å². The summed E-state index contributed by atoms with van der Waals surface area (Å²) in [6.45, 7) is 2.38. The standard InChI is InChI=1S/C18H24N2O4/c1-23-16-4-2-13(3-5-16)11-19-18(22)14-10-17(21)20(12-14)15-6-8-24-9-7-15/h2-5,14-15H,6-12H2,1H3,(H,19,22). The Labute approximate surface area is 142 Å². The molecule has 3 rings (SSSR count). The number of carbonyl (C=O) groups is 2. The summed E-state index contributed by atoms with van der Waals surface area (Å²) in [6.07, 6.45) is 2.05. The molecule has 130 valence electrons. The monoisotopic (exact) mass is 332 g/mol. The number of likely N-dealkylation sites (tertiary alicyclic amines) is 1. The maximum atomic E-state index is 12.4. The summed E-state index contributed by atoms with van der Waals surface area (Å²) in [5.41, 5.74) is 1.01. The minimum Gasteiger partial charge on any atom is -0.497 e. The van der Waals surface area contributed by atoms with Gasteiger partial charge in [0.15, 0.2) is 0 Å². The number of methoxy groups -OCH3 is 1. The van der Waals surface area contributed by atoms with Crippen LogP contribution in [0.3, 0.4) is 0 Å². The molecule has 6 nitrogen and oxygen atoms in total. The van der Waals surface area contributed by atoms with Crippen molar-refractivity contribution in [3.05, 3.63) is 29.8 Å². The predicted molar refractivity (Wildman–Crippen MR) is 88.5 cm³/mol. The Hall–Kier alpha value is -2.08. The zero-order valence-electron chi connectivity index (χ0n) is 14.0. The Morgan fingerprint density at radius 3 is 2.67 bits per heavy atom. The number of carbonyl (C=O) groups excluding carboxylic acids is 2. The highest BCUT2D eigenvalue weighted by atomic mass is 16.5. The number of nitrogens with zero attached hydrogens (tertiary/aromatic N) is 1. The van der Waals surface area contributed by atoms with Crippen LogP contribution in [0.25, 0.3) is 0 Å². The number of hydrogen-bond donors (Lipinski definition) is 1. The van der Waals surface area contributed by atoms with Crippen molar-refractivity contribution in [2.45, 2.75) is 31.8 Å². The molecule has 1 N–H and O–H groups in total. The third-order valence-electron chi connectivity index (χ3n) is 4.79. The lowest BCUT2D eigenvalue weighted by Crippen LogP contribution is -2.41. The van der Waals surface area contributed by atoms with Crippen molar-refractivity contribution in [3.63, 3.8) is 0 Å². The summed E-state index contributed by atoms with van der Waals surface area (Å²) in [5.74, 6) is 0.581. The van der Waals surface area contributed by atoms with E-state index in [4.69, 9.17) is 9.47 Å². The smallest absolute Gasteiger partial charge is 0.225 e. The van der Waals surface area contributed by atoms with Gasteiger partial charge in [-0.2, -0.15) is 0 Å². The number of ether oxygens (including phenoxy) is 2. The Bertz CT molecular complexity index is 581. The van der Waals surface area contributed by atoms with E-state index in [1.807, 2.05) is 29.2 Å². The zero-order chi connectivity index (χ0) is 16.9. The Morgan fingerprint density at radius 2 is 2.00 bits per heavy atom. The van der Waals surface area contributed by atoms with Crippen LogP contribution in [0.15, 0.2) is 24.3 Å². The van der Waals surface area contributed by atoms with Gasteiger partial charge in [0.05, 0.1) is 13.0 Å². The number of hydrogen-bond acceptors (Lipinski definition) is 4. The number of benzene rings is 1. The molecule has 2 saturated heterocycles. The molecule has 0 aromatic heterocycles. The van der Waals surface area contributed by atoms with Crippen molar-refractivity contribution in [2.24, 2.45) is 5.92 Å². The molecule has 2 amide bonds. The number of nitrogens with one attached hydrogen (secondary N) is 1. The fourth-order valence-electron chi connectivity index (χ4n) is 3.33. The second kappa shape index (κ2) is 7.66. The van der Waals surface area contributed by atoms with Crippen LogP contribution in [-0.4, -0.2) is 49.6 Å². The fourth-order valence-corrected chi connectivity index (χ4v) is 3.33. The van der Waals surface area contributed by atoms with Crippen molar-refractivity contribution in [1.82, 2.24) is 10.2 Å². The molecular formula is C18H24N2O4. The molecule has 0 saturated carbocycles. The molecule has 0 spiro atoms. The van der Waals surface area contributed by atoms with Gasteiger partial charge in [0.25, 0.3) is 0 Å². The van der Waals surface area contributed by atoms with E-state index in [0.29, 0.717) is 32.7 Å². The van der Waals surface area contributed by atoms with Crippen LogP contribution in [0.4, 0.5) is 0 Å².